The first kappa shape index (κ1) is 15.6. The molecular weight excluding hydrogens is 268 g/mol. The fourth-order valence-electron chi connectivity index (χ4n) is 2.26. The van der Waals surface area contributed by atoms with Crippen molar-refractivity contribution in [3.05, 3.63) is 23.8 Å². The molecule has 0 atom stereocenters. The van der Waals surface area contributed by atoms with Crippen LogP contribution in [-0.4, -0.2) is 32.7 Å². The van der Waals surface area contributed by atoms with Crippen LogP contribution in [0.15, 0.2) is 18.2 Å². The molecule has 1 aromatic carbocycles. The number of nitrogens with one attached hydrogen (secondary N) is 2. The van der Waals surface area contributed by atoms with E-state index in [0.717, 1.165) is 23.5 Å². The van der Waals surface area contributed by atoms with Crippen molar-refractivity contribution in [3.8, 4) is 11.5 Å². The minimum atomic E-state index is -0.431. The van der Waals surface area contributed by atoms with E-state index in [1.54, 1.807) is 7.05 Å². The first-order valence-corrected chi connectivity index (χ1v) is 7.34. The number of rotatable bonds is 5. The summed E-state index contributed by atoms with van der Waals surface area (Å²) in [7, 11) is 1.66. The molecule has 1 amide bonds. The Balaban J connectivity index is 1.92. The van der Waals surface area contributed by atoms with E-state index in [9.17, 15) is 4.79 Å². The van der Waals surface area contributed by atoms with Crippen LogP contribution >= 0.6 is 0 Å². The van der Waals surface area contributed by atoms with Gasteiger partial charge < -0.3 is 20.1 Å². The first-order valence-electron chi connectivity index (χ1n) is 7.34. The molecule has 0 aromatic heterocycles. The molecule has 1 aromatic rings. The van der Waals surface area contributed by atoms with Gasteiger partial charge in [-0.3, -0.25) is 4.79 Å². The minimum Gasteiger partial charge on any atom is -0.490 e. The molecule has 5 heteroatoms. The van der Waals surface area contributed by atoms with Crippen molar-refractivity contribution in [1.82, 2.24) is 10.6 Å². The lowest BCUT2D eigenvalue weighted by Gasteiger charge is -2.23. The second-order valence-corrected chi connectivity index (χ2v) is 5.90. The van der Waals surface area contributed by atoms with Gasteiger partial charge in [-0.25, -0.2) is 0 Å². The van der Waals surface area contributed by atoms with Crippen molar-refractivity contribution in [2.24, 2.45) is 5.41 Å². The molecule has 116 valence electrons. The third kappa shape index (κ3) is 4.11. The minimum absolute atomic E-state index is 0.0358. The van der Waals surface area contributed by atoms with Gasteiger partial charge in [-0.15, -0.1) is 0 Å². The molecule has 0 saturated heterocycles. The fraction of sp³-hybridized carbons (Fsp3) is 0.562. The SMILES string of the molecule is CNC(=O)C(C)(C)CNCc1ccc2c(c1)OCCCO2. The maximum Gasteiger partial charge on any atom is 0.226 e. The summed E-state index contributed by atoms with van der Waals surface area (Å²) in [5.41, 5.74) is 0.687. The zero-order valence-corrected chi connectivity index (χ0v) is 13.0. The van der Waals surface area contributed by atoms with E-state index >= 15 is 0 Å². The standard InChI is InChI=1S/C16H24N2O3/c1-16(2,15(19)17-3)11-18-10-12-5-6-13-14(9-12)21-8-4-7-20-13/h5-6,9,18H,4,7-8,10-11H2,1-3H3,(H,17,19). The number of carbonyl (C=O) groups is 1. The first-order chi connectivity index (χ1) is 10.0. The van der Waals surface area contributed by atoms with Crippen LogP contribution in [0.5, 0.6) is 11.5 Å². The zero-order valence-electron chi connectivity index (χ0n) is 13.0. The molecule has 2 rings (SSSR count). The largest absolute Gasteiger partial charge is 0.490 e. The van der Waals surface area contributed by atoms with Gasteiger partial charge in [0.15, 0.2) is 11.5 Å². The van der Waals surface area contributed by atoms with Crippen molar-refractivity contribution >= 4 is 5.91 Å². The Bertz CT molecular complexity index is 500. The Morgan fingerprint density at radius 3 is 2.67 bits per heavy atom. The highest BCUT2D eigenvalue weighted by atomic mass is 16.5. The normalized spacial score (nSPS) is 14.4. The van der Waals surface area contributed by atoms with Crippen LogP contribution < -0.4 is 20.1 Å². The number of ether oxygens (including phenoxy) is 2. The van der Waals surface area contributed by atoms with Crippen molar-refractivity contribution in [3.63, 3.8) is 0 Å². The topological polar surface area (TPSA) is 59.6 Å². The summed E-state index contributed by atoms with van der Waals surface area (Å²) in [6, 6.07) is 5.97. The van der Waals surface area contributed by atoms with Gasteiger partial charge >= 0.3 is 0 Å². The molecular formula is C16H24N2O3. The van der Waals surface area contributed by atoms with Crippen molar-refractivity contribution in [1.29, 1.82) is 0 Å². The molecule has 0 bridgehead atoms. The lowest BCUT2D eigenvalue weighted by Crippen LogP contribution is -2.41. The van der Waals surface area contributed by atoms with E-state index in [0.29, 0.717) is 26.3 Å². The molecule has 0 aliphatic carbocycles. The number of hydrogen-bond donors (Lipinski definition) is 2. The predicted octanol–water partition coefficient (Wildman–Crippen LogP) is 1.71. The third-order valence-corrected chi connectivity index (χ3v) is 3.55. The Morgan fingerprint density at radius 1 is 1.24 bits per heavy atom. The maximum absolute atomic E-state index is 11.7. The van der Waals surface area contributed by atoms with Crippen LogP contribution in [0.4, 0.5) is 0 Å². The Morgan fingerprint density at radius 2 is 1.95 bits per heavy atom. The van der Waals surface area contributed by atoms with Crippen molar-refractivity contribution < 1.29 is 14.3 Å². The lowest BCUT2D eigenvalue weighted by atomic mass is 9.92. The summed E-state index contributed by atoms with van der Waals surface area (Å²) in [5.74, 6) is 1.65. The summed E-state index contributed by atoms with van der Waals surface area (Å²) in [6.45, 7) is 6.54. The van der Waals surface area contributed by atoms with Crippen LogP contribution in [0.3, 0.4) is 0 Å². The van der Waals surface area contributed by atoms with E-state index in [1.807, 2.05) is 32.0 Å². The van der Waals surface area contributed by atoms with E-state index < -0.39 is 5.41 Å². The van der Waals surface area contributed by atoms with Gasteiger partial charge in [0.05, 0.1) is 18.6 Å². The molecule has 1 aliphatic heterocycles. The fourth-order valence-corrected chi connectivity index (χ4v) is 2.26. The Labute approximate surface area is 126 Å². The number of hydrogen-bond acceptors (Lipinski definition) is 4. The van der Waals surface area contributed by atoms with Crippen LogP contribution in [-0.2, 0) is 11.3 Å². The van der Waals surface area contributed by atoms with Gasteiger partial charge in [0, 0.05) is 26.6 Å². The molecule has 0 fully saturated rings. The second kappa shape index (κ2) is 6.80. The van der Waals surface area contributed by atoms with Gasteiger partial charge in [0.1, 0.15) is 0 Å². The average Bonchev–Trinajstić information content (AvgIpc) is 2.70. The highest BCUT2D eigenvalue weighted by Crippen LogP contribution is 2.30. The second-order valence-electron chi connectivity index (χ2n) is 5.90. The molecule has 5 nitrogen and oxygen atoms in total. The van der Waals surface area contributed by atoms with Gasteiger partial charge in [-0.1, -0.05) is 6.07 Å². The van der Waals surface area contributed by atoms with Crippen LogP contribution in [0.2, 0.25) is 0 Å². The van der Waals surface area contributed by atoms with Gasteiger partial charge in [0.25, 0.3) is 0 Å². The summed E-state index contributed by atoms with van der Waals surface area (Å²) in [4.78, 5) is 11.7. The van der Waals surface area contributed by atoms with E-state index in [4.69, 9.17) is 9.47 Å². The van der Waals surface area contributed by atoms with E-state index in [2.05, 4.69) is 10.6 Å². The smallest absolute Gasteiger partial charge is 0.226 e. The number of amides is 1. The third-order valence-electron chi connectivity index (χ3n) is 3.55. The Kier molecular flexibility index (Phi) is 5.07. The number of carbonyl (C=O) groups excluding carboxylic acids is 1. The highest BCUT2D eigenvalue weighted by Gasteiger charge is 2.25. The monoisotopic (exact) mass is 292 g/mol. The van der Waals surface area contributed by atoms with Crippen molar-refractivity contribution in [2.45, 2.75) is 26.8 Å². The lowest BCUT2D eigenvalue weighted by molar-refractivity contribution is -0.128. The van der Waals surface area contributed by atoms with Crippen molar-refractivity contribution in [2.75, 3.05) is 26.8 Å². The number of fused-ring (bicyclic) bond motifs is 1. The molecule has 0 saturated carbocycles. The molecule has 1 heterocycles. The highest BCUT2D eigenvalue weighted by molar-refractivity contribution is 5.81. The van der Waals surface area contributed by atoms with Crippen LogP contribution in [0.1, 0.15) is 25.8 Å². The van der Waals surface area contributed by atoms with E-state index in [1.165, 1.54) is 0 Å². The van der Waals surface area contributed by atoms with Gasteiger partial charge in [-0.2, -0.15) is 0 Å². The van der Waals surface area contributed by atoms with Crippen LogP contribution in [0, 0.1) is 5.41 Å². The molecule has 1 aliphatic rings. The summed E-state index contributed by atoms with van der Waals surface area (Å²) in [6.07, 6.45) is 0.905. The van der Waals surface area contributed by atoms with Gasteiger partial charge in [0.2, 0.25) is 5.91 Å². The maximum atomic E-state index is 11.7. The van der Waals surface area contributed by atoms with E-state index in [-0.39, 0.29) is 5.91 Å². The average molecular weight is 292 g/mol. The molecule has 21 heavy (non-hydrogen) atoms. The number of benzene rings is 1. The molecule has 0 spiro atoms. The quantitative estimate of drug-likeness (QED) is 0.867. The molecule has 2 N–H and O–H groups in total. The summed E-state index contributed by atoms with van der Waals surface area (Å²) < 4.78 is 11.3. The predicted molar refractivity (Wildman–Crippen MR) is 81.6 cm³/mol. The van der Waals surface area contributed by atoms with Gasteiger partial charge in [-0.05, 0) is 31.5 Å². The summed E-state index contributed by atoms with van der Waals surface area (Å²) in [5, 5.41) is 6.01. The zero-order chi connectivity index (χ0) is 15.3. The molecule has 0 unspecified atom stereocenters. The summed E-state index contributed by atoms with van der Waals surface area (Å²) >= 11 is 0. The Hall–Kier alpha value is -1.75. The molecule has 0 radical (unpaired) electrons. The van der Waals surface area contributed by atoms with Crippen LogP contribution in [0.25, 0.3) is 0 Å².